The van der Waals surface area contributed by atoms with Crippen LogP contribution in [0.4, 0.5) is 5.69 Å². The summed E-state index contributed by atoms with van der Waals surface area (Å²) in [5, 5.41) is 2.25. The molecule has 1 aliphatic rings. The third-order valence-electron chi connectivity index (χ3n) is 2.40. The van der Waals surface area contributed by atoms with Crippen molar-refractivity contribution in [2.45, 2.75) is 13.3 Å². The first-order valence-corrected chi connectivity index (χ1v) is 4.42. The SMILES string of the molecule is CCc1c(N)ccc2c1C(=O)NC2=O. The Labute approximate surface area is 81.1 Å². The van der Waals surface area contributed by atoms with E-state index in [-0.39, 0.29) is 11.8 Å². The molecule has 2 amide bonds. The van der Waals surface area contributed by atoms with Crippen molar-refractivity contribution in [3.05, 3.63) is 28.8 Å². The molecule has 1 aromatic carbocycles. The van der Waals surface area contributed by atoms with E-state index in [0.29, 0.717) is 23.2 Å². The highest BCUT2D eigenvalue weighted by molar-refractivity contribution is 6.22. The van der Waals surface area contributed by atoms with Crippen LogP contribution >= 0.6 is 0 Å². The standard InChI is InChI=1S/C10H10N2O2/c1-2-5-7(11)4-3-6-8(5)10(14)12-9(6)13/h3-4H,2,11H2,1H3,(H,12,13,14). The zero-order valence-electron chi connectivity index (χ0n) is 7.76. The monoisotopic (exact) mass is 190 g/mol. The molecule has 3 N–H and O–H groups in total. The summed E-state index contributed by atoms with van der Waals surface area (Å²) in [5.41, 5.74) is 7.92. The Hall–Kier alpha value is -1.84. The highest BCUT2D eigenvalue weighted by Gasteiger charge is 2.29. The molecule has 0 spiro atoms. The number of benzene rings is 1. The molecule has 0 atom stereocenters. The van der Waals surface area contributed by atoms with Crippen LogP contribution in [0.15, 0.2) is 12.1 Å². The van der Waals surface area contributed by atoms with Gasteiger partial charge in [0, 0.05) is 5.69 Å². The maximum Gasteiger partial charge on any atom is 0.259 e. The van der Waals surface area contributed by atoms with Crippen LogP contribution in [0.2, 0.25) is 0 Å². The van der Waals surface area contributed by atoms with Gasteiger partial charge in [0.1, 0.15) is 0 Å². The van der Waals surface area contributed by atoms with Gasteiger partial charge in [-0.15, -0.1) is 0 Å². The number of amides is 2. The Morgan fingerprint density at radius 3 is 2.64 bits per heavy atom. The lowest BCUT2D eigenvalue weighted by Gasteiger charge is -2.06. The number of nitrogen functional groups attached to an aromatic ring is 1. The van der Waals surface area contributed by atoms with Gasteiger partial charge in [-0.2, -0.15) is 0 Å². The second-order valence-electron chi connectivity index (χ2n) is 3.19. The van der Waals surface area contributed by atoms with Crippen molar-refractivity contribution in [2.24, 2.45) is 0 Å². The molecule has 72 valence electrons. The molecule has 0 unspecified atom stereocenters. The van der Waals surface area contributed by atoms with Gasteiger partial charge in [-0.25, -0.2) is 0 Å². The quantitative estimate of drug-likeness (QED) is 0.506. The number of rotatable bonds is 1. The summed E-state index contributed by atoms with van der Waals surface area (Å²) in [7, 11) is 0. The highest BCUT2D eigenvalue weighted by Crippen LogP contribution is 2.25. The Morgan fingerprint density at radius 1 is 1.29 bits per heavy atom. The van der Waals surface area contributed by atoms with Crippen LogP contribution in [0, 0.1) is 0 Å². The third kappa shape index (κ3) is 1.00. The molecule has 1 aromatic rings. The normalized spacial score (nSPS) is 14.1. The Kier molecular flexibility index (Phi) is 1.77. The van der Waals surface area contributed by atoms with Crippen molar-refractivity contribution in [3.8, 4) is 0 Å². The number of nitrogens with one attached hydrogen (secondary N) is 1. The van der Waals surface area contributed by atoms with Crippen LogP contribution in [0.25, 0.3) is 0 Å². The van der Waals surface area contributed by atoms with Gasteiger partial charge in [0.25, 0.3) is 11.8 Å². The van der Waals surface area contributed by atoms with E-state index >= 15 is 0 Å². The molecule has 0 bridgehead atoms. The van der Waals surface area contributed by atoms with Crippen molar-refractivity contribution in [3.63, 3.8) is 0 Å². The predicted molar refractivity (Wildman–Crippen MR) is 52.0 cm³/mol. The molecule has 2 rings (SSSR count). The second-order valence-corrected chi connectivity index (χ2v) is 3.19. The zero-order chi connectivity index (χ0) is 10.3. The molecule has 0 radical (unpaired) electrons. The number of imide groups is 1. The fourth-order valence-corrected chi connectivity index (χ4v) is 1.73. The van der Waals surface area contributed by atoms with E-state index in [1.54, 1.807) is 12.1 Å². The molecule has 0 aromatic heterocycles. The van der Waals surface area contributed by atoms with Crippen LogP contribution in [-0.2, 0) is 6.42 Å². The average molecular weight is 190 g/mol. The molecule has 0 saturated heterocycles. The minimum Gasteiger partial charge on any atom is -0.398 e. The van der Waals surface area contributed by atoms with E-state index in [1.165, 1.54) is 0 Å². The average Bonchev–Trinajstić information content (AvgIpc) is 2.43. The fourth-order valence-electron chi connectivity index (χ4n) is 1.73. The lowest BCUT2D eigenvalue weighted by atomic mass is 9.99. The summed E-state index contributed by atoms with van der Waals surface area (Å²) >= 11 is 0. The summed E-state index contributed by atoms with van der Waals surface area (Å²) in [4.78, 5) is 22.7. The maximum atomic E-state index is 11.4. The first-order valence-electron chi connectivity index (χ1n) is 4.42. The topological polar surface area (TPSA) is 72.2 Å². The van der Waals surface area contributed by atoms with E-state index in [0.717, 1.165) is 5.56 Å². The predicted octanol–water partition coefficient (Wildman–Crippen LogP) is 0.715. The largest absolute Gasteiger partial charge is 0.398 e. The van der Waals surface area contributed by atoms with E-state index in [2.05, 4.69) is 5.32 Å². The van der Waals surface area contributed by atoms with Gasteiger partial charge in [-0.05, 0) is 24.1 Å². The van der Waals surface area contributed by atoms with Crippen LogP contribution < -0.4 is 11.1 Å². The molecular weight excluding hydrogens is 180 g/mol. The maximum absolute atomic E-state index is 11.4. The number of anilines is 1. The van der Waals surface area contributed by atoms with Gasteiger partial charge < -0.3 is 5.73 Å². The molecular formula is C10H10N2O2. The molecule has 0 fully saturated rings. The zero-order valence-corrected chi connectivity index (χ0v) is 7.76. The number of fused-ring (bicyclic) bond motifs is 1. The minimum atomic E-state index is -0.339. The van der Waals surface area contributed by atoms with Crippen LogP contribution in [0.5, 0.6) is 0 Å². The molecule has 4 nitrogen and oxygen atoms in total. The van der Waals surface area contributed by atoms with E-state index < -0.39 is 0 Å². The lowest BCUT2D eigenvalue weighted by Crippen LogP contribution is -2.20. The molecule has 0 saturated carbocycles. The molecule has 4 heteroatoms. The third-order valence-corrected chi connectivity index (χ3v) is 2.40. The molecule has 1 aliphatic heterocycles. The van der Waals surface area contributed by atoms with Gasteiger partial charge in [0.05, 0.1) is 11.1 Å². The minimum absolute atomic E-state index is 0.334. The summed E-state index contributed by atoms with van der Waals surface area (Å²) in [6, 6.07) is 3.25. The summed E-state index contributed by atoms with van der Waals surface area (Å²) in [6.07, 6.45) is 0.649. The Morgan fingerprint density at radius 2 is 2.00 bits per heavy atom. The van der Waals surface area contributed by atoms with E-state index in [9.17, 15) is 9.59 Å². The highest BCUT2D eigenvalue weighted by atomic mass is 16.2. The van der Waals surface area contributed by atoms with Gasteiger partial charge in [-0.3, -0.25) is 14.9 Å². The van der Waals surface area contributed by atoms with Crippen LogP contribution in [0.1, 0.15) is 33.2 Å². The molecule has 0 aliphatic carbocycles. The number of hydrogen-bond donors (Lipinski definition) is 2. The smallest absolute Gasteiger partial charge is 0.259 e. The first-order chi connectivity index (χ1) is 6.65. The molecule has 14 heavy (non-hydrogen) atoms. The Bertz CT molecular complexity index is 438. The van der Waals surface area contributed by atoms with E-state index in [1.807, 2.05) is 6.92 Å². The van der Waals surface area contributed by atoms with Crippen molar-refractivity contribution in [1.82, 2.24) is 5.32 Å². The van der Waals surface area contributed by atoms with Gasteiger partial charge >= 0.3 is 0 Å². The lowest BCUT2D eigenvalue weighted by molar-refractivity contribution is 0.0879. The van der Waals surface area contributed by atoms with Gasteiger partial charge in [0.2, 0.25) is 0 Å². The number of nitrogens with two attached hydrogens (primary N) is 1. The summed E-state index contributed by atoms with van der Waals surface area (Å²) in [6.45, 7) is 1.90. The van der Waals surface area contributed by atoms with Crippen molar-refractivity contribution in [1.29, 1.82) is 0 Å². The number of carbonyl (C=O) groups is 2. The van der Waals surface area contributed by atoms with Crippen molar-refractivity contribution >= 4 is 17.5 Å². The summed E-state index contributed by atoms with van der Waals surface area (Å²) < 4.78 is 0. The van der Waals surface area contributed by atoms with Gasteiger partial charge in [-0.1, -0.05) is 6.92 Å². The van der Waals surface area contributed by atoms with Crippen LogP contribution in [-0.4, -0.2) is 11.8 Å². The second kappa shape index (κ2) is 2.83. The summed E-state index contributed by atoms with van der Waals surface area (Å²) in [5.74, 6) is -0.672. The first kappa shape index (κ1) is 8.74. The van der Waals surface area contributed by atoms with E-state index in [4.69, 9.17) is 5.73 Å². The van der Waals surface area contributed by atoms with Crippen molar-refractivity contribution in [2.75, 3.05) is 5.73 Å². The van der Waals surface area contributed by atoms with Gasteiger partial charge in [0.15, 0.2) is 0 Å². The fraction of sp³-hybridized carbons (Fsp3) is 0.200. The van der Waals surface area contributed by atoms with Crippen LogP contribution in [0.3, 0.4) is 0 Å². The Balaban J connectivity index is 2.74. The van der Waals surface area contributed by atoms with Crippen molar-refractivity contribution < 1.29 is 9.59 Å². The number of hydrogen-bond acceptors (Lipinski definition) is 3. The molecule has 1 heterocycles. The number of carbonyl (C=O) groups excluding carboxylic acids is 2.